The Morgan fingerprint density at radius 1 is 1.25 bits per heavy atom. The zero-order valence-electron chi connectivity index (χ0n) is 9.46. The lowest BCUT2D eigenvalue weighted by molar-refractivity contribution is 0.833. The van der Waals surface area contributed by atoms with Gasteiger partial charge < -0.3 is 5.32 Å². The van der Waals surface area contributed by atoms with Crippen LogP contribution in [0.25, 0.3) is 0 Å². The second-order valence-electron chi connectivity index (χ2n) is 3.82. The average Bonchev–Trinajstić information content (AvgIpc) is 2.39. The maximum absolute atomic E-state index is 8.21. The lowest BCUT2D eigenvalue weighted by Crippen LogP contribution is -2.15. The molecule has 1 aromatic carbocycles. The third kappa shape index (κ3) is 2.06. The molecule has 1 aliphatic carbocycles. The first-order valence-corrected chi connectivity index (χ1v) is 5.54. The molecule has 1 aliphatic rings. The number of nitrogens with one attached hydrogen (secondary N) is 2. The maximum Gasteiger partial charge on any atom is 0.0701 e. The predicted octanol–water partition coefficient (Wildman–Crippen LogP) is 2.88. The molecule has 0 atom stereocenters. The number of allylic oxidation sites excluding steroid dienone is 4. The highest BCUT2D eigenvalue weighted by Crippen LogP contribution is 2.20. The largest absolute Gasteiger partial charge is 0.391 e. The molecule has 0 aromatic heterocycles. The molecular weight excluding hydrogens is 196 g/mol. The maximum atomic E-state index is 8.21. The van der Waals surface area contributed by atoms with Gasteiger partial charge in [0.15, 0.2) is 0 Å². The van der Waals surface area contributed by atoms with E-state index >= 15 is 0 Å². The third-order valence-electron chi connectivity index (χ3n) is 2.80. The molecule has 0 amide bonds. The molecule has 0 radical (unpaired) electrons. The van der Waals surface area contributed by atoms with Crippen LogP contribution in [0.2, 0.25) is 0 Å². The minimum atomic E-state index is 0.598. The van der Waals surface area contributed by atoms with Gasteiger partial charge in [-0.15, -0.1) is 0 Å². The summed E-state index contributed by atoms with van der Waals surface area (Å²) >= 11 is 0. The zero-order valence-corrected chi connectivity index (χ0v) is 9.46. The number of hydrogen-bond donors (Lipinski definition) is 2. The van der Waals surface area contributed by atoms with E-state index in [0.717, 1.165) is 29.7 Å². The Bertz CT molecular complexity index is 441. The normalized spacial score (nSPS) is 15.1. The molecule has 2 N–H and O–H groups in total. The lowest BCUT2D eigenvalue weighted by atomic mass is 9.95. The smallest absolute Gasteiger partial charge is 0.0701 e. The van der Waals surface area contributed by atoms with Gasteiger partial charge in [-0.05, 0) is 12.8 Å². The van der Waals surface area contributed by atoms with Gasteiger partial charge in [0.2, 0.25) is 0 Å². The molecule has 0 bridgehead atoms. The van der Waals surface area contributed by atoms with E-state index in [4.69, 9.17) is 5.41 Å². The predicted molar refractivity (Wildman–Crippen MR) is 67.7 cm³/mol. The fraction of sp³-hybridized carbons (Fsp3) is 0.214. The van der Waals surface area contributed by atoms with Crippen molar-refractivity contribution >= 4 is 5.71 Å². The van der Waals surface area contributed by atoms with Crippen molar-refractivity contribution < 1.29 is 0 Å². The van der Waals surface area contributed by atoms with Crippen LogP contribution in [0.3, 0.4) is 0 Å². The van der Waals surface area contributed by atoms with Gasteiger partial charge >= 0.3 is 0 Å². The molecule has 16 heavy (non-hydrogen) atoms. The van der Waals surface area contributed by atoms with Crippen molar-refractivity contribution in [3.05, 3.63) is 59.3 Å². The van der Waals surface area contributed by atoms with Crippen LogP contribution in [-0.4, -0.2) is 12.8 Å². The Morgan fingerprint density at radius 2 is 2.00 bits per heavy atom. The van der Waals surface area contributed by atoms with Crippen LogP contribution in [0.4, 0.5) is 0 Å². The summed E-state index contributed by atoms with van der Waals surface area (Å²) in [5.41, 5.74) is 3.74. The molecule has 2 rings (SSSR count). The van der Waals surface area contributed by atoms with E-state index in [1.807, 2.05) is 43.5 Å². The van der Waals surface area contributed by atoms with Crippen LogP contribution in [0, 0.1) is 5.41 Å². The van der Waals surface area contributed by atoms with Crippen LogP contribution in [-0.2, 0) is 0 Å². The Hall–Kier alpha value is -1.83. The van der Waals surface area contributed by atoms with E-state index in [9.17, 15) is 0 Å². The molecular formula is C14H16N2. The molecule has 0 aliphatic heterocycles. The molecule has 1 aromatic rings. The number of rotatable bonds is 3. The molecule has 0 spiro atoms. The summed E-state index contributed by atoms with van der Waals surface area (Å²) in [6.07, 6.45) is 6.23. The van der Waals surface area contributed by atoms with Gasteiger partial charge in [0.1, 0.15) is 0 Å². The van der Waals surface area contributed by atoms with Gasteiger partial charge in [-0.1, -0.05) is 42.5 Å². The highest BCUT2D eigenvalue weighted by atomic mass is 14.8. The van der Waals surface area contributed by atoms with E-state index in [1.165, 1.54) is 0 Å². The van der Waals surface area contributed by atoms with E-state index in [2.05, 4.69) is 11.4 Å². The molecule has 0 fully saturated rings. The van der Waals surface area contributed by atoms with Gasteiger partial charge in [0.25, 0.3) is 0 Å². The van der Waals surface area contributed by atoms with Crippen molar-refractivity contribution in [2.75, 3.05) is 7.05 Å². The topological polar surface area (TPSA) is 35.9 Å². The summed E-state index contributed by atoms with van der Waals surface area (Å²) in [5.74, 6) is 0. The highest BCUT2D eigenvalue weighted by Gasteiger charge is 2.12. The second kappa shape index (κ2) is 4.79. The molecule has 2 heteroatoms. The summed E-state index contributed by atoms with van der Waals surface area (Å²) < 4.78 is 0. The number of benzene rings is 1. The van der Waals surface area contributed by atoms with Crippen molar-refractivity contribution in [1.82, 2.24) is 5.32 Å². The monoisotopic (exact) mass is 212 g/mol. The van der Waals surface area contributed by atoms with E-state index in [1.54, 1.807) is 0 Å². The Balaban J connectivity index is 2.35. The van der Waals surface area contributed by atoms with Crippen LogP contribution < -0.4 is 5.32 Å². The minimum Gasteiger partial charge on any atom is -0.391 e. The first kappa shape index (κ1) is 10.7. The SMILES string of the molecule is CNC1=C(C(=N)c2ccccc2)C=CCC1. The van der Waals surface area contributed by atoms with Crippen LogP contribution in [0.15, 0.2) is 53.8 Å². The van der Waals surface area contributed by atoms with Gasteiger partial charge in [-0.25, -0.2) is 0 Å². The lowest BCUT2D eigenvalue weighted by Gasteiger charge is -2.16. The molecule has 0 saturated carbocycles. The fourth-order valence-corrected chi connectivity index (χ4v) is 1.92. The van der Waals surface area contributed by atoms with Gasteiger partial charge in [-0.2, -0.15) is 0 Å². The van der Waals surface area contributed by atoms with Crippen molar-refractivity contribution in [2.45, 2.75) is 12.8 Å². The van der Waals surface area contributed by atoms with Crippen LogP contribution >= 0.6 is 0 Å². The summed E-state index contributed by atoms with van der Waals surface area (Å²) in [4.78, 5) is 0. The molecule has 2 nitrogen and oxygen atoms in total. The molecule has 0 heterocycles. The van der Waals surface area contributed by atoms with E-state index in [-0.39, 0.29) is 0 Å². The Labute approximate surface area is 96.2 Å². The van der Waals surface area contributed by atoms with Crippen molar-refractivity contribution in [3.8, 4) is 0 Å². The van der Waals surface area contributed by atoms with Crippen molar-refractivity contribution in [2.24, 2.45) is 0 Å². The van der Waals surface area contributed by atoms with Gasteiger partial charge in [0, 0.05) is 23.9 Å². The first-order chi connectivity index (χ1) is 7.83. The standard InChI is InChI=1S/C14H16N2/c1-16-13-10-6-5-9-12(13)14(15)11-7-3-2-4-8-11/h2-5,7-9,15-16H,6,10H2,1H3. The zero-order chi connectivity index (χ0) is 11.4. The summed E-state index contributed by atoms with van der Waals surface area (Å²) in [6.45, 7) is 0. The average molecular weight is 212 g/mol. The quantitative estimate of drug-likeness (QED) is 0.742. The highest BCUT2D eigenvalue weighted by molar-refractivity contribution is 6.12. The summed E-state index contributed by atoms with van der Waals surface area (Å²) in [5, 5.41) is 11.4. The second-order valence-corrected chi connectivity index (χ2v) is 3.82. The van der Waals surface area contributed by atoms with Gasteiger partial charge in [-0.3, -0.25) is 5.41 Å². The Kier molecular flexibility index (Phi) is 3.20. The van der Waals surface area contributed by atoms with Crippen molar-refractivity contribution in [1.29, 1.82) is 5.41 Å². The van der Waals surface area contributed by atoms with Crippen LogP contribution in [0.1, 0.15) is 18.4 Å². The van der Waals surface area contributed by atoms with E-state index < -0.39 is 0 Å². The molecule has 0 saturated heterocycles. The van der Waals surface area contributed by atoms with Gasteiger partial charge in [0.05, 0.1) is 5.71 Å². The van der Waals surface area contributed by atoms with Crippen molar-refractivity contribution in [3.63, 3.8) is 0 Å². The fourth-order valence-electron chi connectivity index (χ4n) is 1.92. The minimum absolute atomic E-state index is 0.598. The van der Waals surface area contributed by atoms with Crippen LogP contribution in [0.5, 0.6) is 0 Å². The van der Waals surface area contributed by atoms with E-state index in [0.29, 0.717) is 5.71 Å². The third-order valence-corrected chi connectivity index (χ3v) is 2.80. The first-order valence-electron chi connectivity index (χ1n) is 5.54. The summed E-state index contributed by atoms with van der Waals surface area (Å²) in [6, 6.07) is 9.86. The molecule has 82 valence electrons. The molecule has 0 unspecified atom stereocenters. The summed E-state index contributed by atoms with van der Waals surface area (Å²) in [7, 11) is 1.92. The number of hydrogen-bond acceptors (Lipinski definition) is 2. The Morgan fingerprint density at radius 3 is 2.69 bits per heavy atom.